The summed E-state index contributed by atoms with van der Waals surface area (Å²) in [6, 6.07) is 0. The number of hydrogen-bond acceptors (Lipinski definition) is 1. The highest BCUT2D eigenvalue weighted by molar-refractivity contribution is 6.22. The first-order valence-electron chi connectivity index (χ1n) is 11.2. The standard InChI is InChI=1S/C22H36Cl2O/c23-19-13-5-7-15-21(19,17-9-1-2-10-17)25-22(18-11-3-4-12-18)16-8-6-14-20(22)24/h17-20H,1-16H2. The van der Waals surface area contributed by atoms with Gasteiger partial charge in [0, 0.05) is 0 Å². The van der Waals surface area contributed by atoms with Crippen LogP contribution in [-0.4, -0.2) is 22.0 Å². The maximum absolute atomic E-state index is 7.44. The van der Waals surface area contributed by atoms with Crippen LogP contribution in [0.1, 0.15) is 103 Å². The molecule has 0 spiro atoms. The van der Waals surface area contributed by atoms with Gasteiger partial charge < -0.3 is 4.74 Å². The molecule has 4 atom stereocenters. The maximum Gasteiger partial charge on any atom is 0.0881 e. The zero-order valence-electron chi connectivity index (χ0n) is 15.8. The molecule has 4 aliphatic carbocycles. The third-order valence-electron chi connectivity index (χ3n) is 8.08. The normalized spacial score (nSPS) is 44.4. The molecule has 4 unspecified atom stereocenters. The summed E-state index contributed by atoms with van der Waals surface area (Å²) in [5.74, 6) is 1.33. The van der Waals surface area contributed by atoms with E-state index in [0.29, 0.717) is 11.8 Å². The molecule has 4 rings (SSSR count). The second kappa shape index (κ2) is 7.88. The van der Waals surface area contributed by atoms with E-state index in [-0.39, 0.29) is 22.0 Å². The van der Waals surface area contributed by atoms with E-state index >= 15 is 0 Å². The van der Waals surface area contributed by atoms with E-state index in [0.717, 1.165) is 12.8 Å². The lowest BCUT2D eigenvalue weighted by atomic mass is 9.70. The largest absolute Gasteiger partial charge is 0.365 e. The van der Waals surface area contributed by atoms with Gasteiger partial charge in [0.2, 0.25) is 0 Å². The molecule has 0 aromatic heterocycles. The minimum Gasteiger partial charge on any atom is -0.365 e. The minimum absolute atomic E-state index is 0.0939. The molecule has 0 amide bonds. The van der Waals surface area contributed by atoms with Crippen molar-refractivity contribution in [2.45, 2.75) is 125 Å². The van der Waals surface area contributed by atoms with Crippen molar-refractivity contribution in [3.05, 3.63) is 0 Å². The molecule has 0 heterocycles. The average molecular weight is 387 g/mol. The van der Waals surface area contributed by atoms with Crippen molar-refractivity contribution in [1.29, 1.82) is 0 Å². The minimum atomic E-state index is -0.0939. The van der Waals surface area contributed by atoms with E-state index in [4.69, 9.17) is 27.9 Å². The fourth-order valence-corrected chi connectivity index (χ4v) is 7.72. The summed E-state index contributed by atoms with van der Waals surface area (Å²) < 4.78 is 7.44. The summed E-state index contributed by atoms with van der Waals surface area (Å²) in [6.07, 6.45) is 20.4. The van der Waals surface area contributed by atoms with Crippen molar-refractivity contribution >= 4 is 23.2 Å². The van der Waals surface area contributed by atoms with Gasteiger partial charge in [-0.25, -0.2) is 0 Å². The van der Waals surface area contributed by atoms with E-state index < -0.39 is 0 Å². The van der Waals surface area contributed by atoms with Crippen molar-refractivity contribution in [1.82, 2.24) is 0 Å². The van der Waals surface area contributed by atoms with E-state index in [9.17, 15) is 0 Å². The van der Waals surface area contributed by atoms with E-state index in [1.165, 1.54) is 89.9 Å². The summed E-state index contributed by atoms with van der Waals surface area (Å²) in [6.45, 7) is 0. The van der Waals surface area contributed by atoms with Crippen LogP contribution in [0.3, 0.4) is 0 Å². The summed E-state index contributed by atoms with van der Waals surface area (Å²) in [7, 11) is 0. The van der Waals surface area contributed by atoms with Crippen LogP contribution in [0.25, 0.3) is 0 Å². The molecule has 0 bridgehead atoms. The number of alkyl halides is 2. The maximum atomic E-state index is 7.44. The van der Waals surface area contributed by atoms with Crippen LogP contribution < -0.4 is 0 Å². The van der Waals surface area contributed by atoms with Gasteiger partial charge in [0.05, 0.1) is 22.0 Å². The number of ether oxygens (including phenoxy) is 1. The Kier molecular flexibility index (Phi) is 5.95. The van der Waals surface area contributed by atoms with Gasteiger partial charge in [-0.15, -0.1) is 23.2 Å². The highest BCUT2D eigenvalue weighted by Crippen LogP contribution is 2.55. The van der Waals surface area contributed by atoms with Crippen molar-refractivity contribution in [3.63, 3.8) is 0 Å². The Morgan fingerprint density at radius 3 is 1.24 bits per heavy atom. The third kappa shape index (κ3) is 3.40. The predicted molar refractivity (Wildman–Crippen MR) is 107 cm³/mol. The Bertz CT molecular complexity index is 403. The predicted octanol–water partition coefficient (Wildman–Crippen LogP) is 7.22. The van der Waals surface area contributed by atoms with Gasteiger partial charge in [-0.3, -0.25) is 0 Å². The van der Waals surface area contributed by atoms with Crippen LogP contribution >= 0.6 is 23.2 Å². The first kappa shape index (κ1) is 18.9. The van der Waals surface area contributed by atoms with Crippen molar-refractivity contribution in [2.75, 3.05) is 0 Å². The van der Waals surface area contributed by atoms with Crippen molar-refractivity contribution in [3.8, 4) is 0 Å². The van der Waals surface area contributed by atoms with Gasteiger partial charge in [-0.2, -0.15) is 0 Å². The summed E-state index contributed by atoms with van der Waals surface area (Å²) in [5, 5.41) is 0.377. The Labute approximate surface area is 164 Å². The molecule has 0 aromatic rings. The third-order valence-corrected chi connectivity index (χ3v) is 9.26. The second-order valence-electron chi connectivity index (χ2n) is 9.40. The van der Waals surface area contributed by atoms with Gasteiger partial charge in [0.15, 0.2) is 0 Å². The molecule has 0 aliphatic heterocycles. The van der Waals surface area contributed by atoms with Gasteiger partial charge in [-0.1, -0.05) is 51.4 Å². The molecule has 0 N–H and O–H groups in total. The Hall–Kier alpha value is 0.540. The monoisotopic (exact) mass is 386 g/mol. The topological polar surface area (TPSA) is 9.23 Å². The van der Waals surface area contributed by atoms with Crippen LogP contribution in [-0.2, 0) is 4.74 Å². The lowest BCUT2D eigenvalue weighted by Gasteiger charge is -2.56. The molecule has 0 saturated heterocycles. The average Bonchev–Trinajstić information content (AvgIpc) is 3.32. The molecule has 144 valence electrons. The van der Waals surface area contributed by atoms with Gasteiger partial charge in [-0.05, 0) is 63.2 Å². The lowest BCUT2D eigenvalue weighted by Crippen LogP contribution is -2.61. The van der Waals surface area contributed by atoms with E-state index in [2.05, 4.69) is 0 Å². The number of hydrogen-bond donors (Lipinski definition) is 0. The first-order valence-corrected chi connectivity index (χ1v) is 12.0. The highest BCUT2D eigenvalue weighted by atomic mass is 35.5. The molecule has 0 radical (unpaired) electrons. The first-order chi connectivity index (χ1) is 12.2. The number of halogens is 2. The van der Waals surface area contributed by atoms with Crippen LogP contribution in [0.5, 0.6) is 0 Å². The van der Waals surface area contributed by atoms with Gasteiger partial charge in [0.25, 0.3) is 0 Å². The molecule has 4 aliphatic rings. The Morgan fingerprint density at radius 1 is 0.520 bits per heavy atom. The molecular formula is C22H36Cl2O. The Morgan fingerprint density at radius 2 is 0.880 bits per heavy atom. The second-order valence-corrected chi connectivity index (χ2v) is 10.5. The molecule has 1 nitrogen and oxygen atoms in total. The zero-order chi connectivity index (χ0) is 17.3. The molecule has 4 fully saturated rings. The lowest BCUT2D eigenvalue weighted by molar-refractivity contribution is -0.223. The van der Waals surface area contributed by atoms with Crippen LogP contribution in [0.4, 0.5) is 0 Å². The van der Waals surface area contributed by atoms with E-state index in [1.54, 1.807) is 0 Å². The van der Waals surface area contributed by atoms with E-state index in [1.807, 2.05) is 0 Å². The molecule has 3 heteroatoms. The molecule has 4 saturated carbocycles. The zero-order valence-corrected chi connectivity index (χ0v) is 17.3. The summed E-state index contributed by atoms with van der Waals surface area (Å²) in [5.41, 5.74) is -0.188. The summed E-state index contributed by atoms with van der Waals surface area (Å²) in [4.78, 5) is 0. The molecule has 0 aromatic carbocycles. The molecule has 25 heavy (non-hydrogen) atoms. The van der Waals surface area contributed by atoms with Crippen molar-refractivity contribution in [2.24, 2.45) is 11.8 Å². The smallest absolute Gasteiger partial charge is 0.0881 e. The van der Waals surface area contributed by atoms with Crippen LogP contribution in [0.2, 0.25) is 0 Å². The SMILES string of the molecule is ClC1CCCCC1(OC1(C2CCCC2)CCCCC1Cl)C1CCCC1. The summed E-state index contributed by atoms with van der Waals surface area (Å²) >= 11 is 14.2. The van der Waals surface area contributed by atoms with Crippen LogP contribution in [0, 0.1) is 11.8 Å². The Balaban J connectivity index is 1.67. The number of rotatable bonds is 4. The van der Waals surface area contributed by atoms with Gasteiger partial charge >= 0.3 is 0 Å². The van der Waals surface area contributed by atoms with Crippen molar-refractivity contribution < 1.29 is 4.74 Å². The fourth-order valence-electron chi connectivity index (χ4n) is 6.75. The highest BCUT2D eigenvalue weighted by Gasteiger charge is 2.57. The fraction of sp³-hybridized carbons (Fsp3) is 1.00. The quantitative estimate of drug-likeness (QED) is 0.463. The van der Waals surface area contributed by atoms with Crippen LogP contribution in [0.15, 0.2) is 0 Å². The molecular weight excluding hydrogens is 351 g/mol. The van der Waals surface area contributed by atoms with Gasteiger partial charge in [0.1, 0.15) is 0 Å².